The molecule has 0 radical (unpaired) electrons. The molecule has 0 unspecified atom stereocenters. The monoisotopic (exact) mass is 482 g/mol. The summed E-state index contributed by atoms with van der Waals surface area (Å²) in [4.78, 5) is 16.1. The molecule has 0 atom stereocenters. The van der Waals surface area contributed by atoms with Gasteiger partial charge >= 0.3 is 6.03 Å². The van der Waals surface area contributed by atoms with Gasteiger partial charge in [-0.25, -0.2) is 9.78 Å². The van der Waals surface area contributed by atoms with Crippen molar-refractivity contribution in [3.05, 3.63) is 66.7 Å². The van der Waals surface area contributed by atoms with Gasteiger partial charge < -0.3 is 24.5 Å². The second-order valence-electron chi connectivity index (χ2n) is 9.45. The zero-order valence-electron chi connectivity index (χ0n) is 20.6. The molecule has 8 heteroatoms. The lowest BCUT2D eigenvalue weighted by atomic mass is 9.92. The zero-order valence-corrected chi connectivity index (χ0v) is 20.6. The number of urea groups is 1. The first-order valence-corrected chi connectivity index (χ1v) is 12.4. The van der Waals surface area contributed by atoms with Crippen molar-refractivity contribution in [2.75, 3.05) is 11.9 Å². The van der Waals surface area contributed by atoms with Gasteiger partial charge in [0.25, 0.3) is 0 Å². The van der Waals surface area contributed by atoms with E-state index >= 15 is 0 Å². The second kappa shape index (κ2) is 10.2. The first-order chi connectivity index (χ1) is 17.5. The molecular weight excluding hydrogens is 452 g/mol. The molecule has 2 amide bonds. The summed E-state index contributed by atoms with van der Waals surface area (Å²) in [5, 5.41) is 16.8. The normalized spacial score (nSPS) is 13.4. The van der Waals surface area contributed by atoms with Gasteiger partial charge in [-0.05, 0) is 62.9 Å². The minimum Gasteiger partial charge on any atom is -0.492 e. The Labute approximate surface area is 210 Å². The summed E-state index contributed by atoms with van der Waals surface area (Å²) in [6.07, 6.45) is 8.80. The molecule has 1 aliphatic carbocycles. The van der Waals surface area contributed by atoms with Crippen LogP contribution in [-0.2, 0) is 6.54 Å². The molecule has 1 aliphatic rings. The molecular formula is C28H30N6O2. The maximum atomic E-state index is 12.1. The fourth-order valence-corrected chi connectivity index (χ4v) is 4.63. The van der Waals surface area contributed by atoms with Gasteiger partial charge in [0.05, 0.1) is 29.6 Å². The van der Waals surface area contributed by atoms with Crippen molar-refractivity contribution in [1.29, 1.82) is 5.26 Å². The highest BCUT2D eigenvalue weighted by Crippen LogP contribution is 2.43. The van der Waals surface area contributed by atoms with E-state index < -0.39 is 0 Å². The number of anilines is 1. The van der Waals surface area contributed by atoms with Gasteiger partial charge in [0, 0.05) is 41.6 Å². The third-order valence-electron chi connectivity index (χ3n) is 6.54. The van der Waals surface area contributed by atoms with Gasteiger partial charge in [-0.15, -0.1) is 0 Å². The molecule has 0 bridgehead atoms. The van der Waals surface area contributed by atoms with E-state index in [0.29, 0.717) is 30.4 Å². The molecule has 4 aromatic rings. The molecule has 1 fully saturated rings. The van der Waals surface area contributed by atoms with Crippen molar-refractivity contribution < 1.29 is 9.53 Å². The number of amides is 2. The fraction of sp³-hybridized carbons (Fsp3) is 0.321. The number of nitriles is 1. The summed E-state index contributed by atoms with van der Waals surface area (Å²) in [6.45, 7) is 5.08. The average Bonchev–Trinajstić information content (AvgIpc) is 3.44. The van der Waals surface area contributed by atoms with Crippen LogP contribution in [0.15, 0.2) is 61.2 Å². The Bertz CT molecular complexity index is 1390. The summed E-state index contributed by atoms with van der Waals surface area (Å²) < 4.78 is 10.3. The number of aromatic nitrogens is 3. The van der Waals surface area contributed by atoms with Crippen LogP contribution in [0.4, 0.5) is 10.5 Å². The van der Waals surface area contributed by atoms with E-state index in [0.717, 1.165) is 40.8 Å². The summed E-state index contributed by atoms with van der Waals surface area (Å²) in [7, 11) is 0. The topological polar surface area (TPSA) is 96.9 Å². The van der Waals surface area contributed by atoms with E-state index in [1.165, 1.54) is 6.42 Å². The van der Waals surface area contributed by atoms with Gasteiger partial charge in [-0.2, -0.15) is 5.26 Å². The molecule has 0 spiro atoms. The first-order valence-electron chi connectivity index (χ1n) is 12.4. The maximum Gasteiger partial charge on any atom is 0.319 e. The summed E-state index contributed by atoms with van der Waals surface area (Å²) in [5.74, 6) is 0.785. The SMILES string of the molecule is CC(C)NC(=O)Nc1ccc(-c2c(C#N)c3ccc(OCCn4ccnc4)cc3n2C2CCC2)cc1. The quantitative estimate of drug-likeness (QED) is 0.336. The fourth-order valence-electron chi connectivity index (χ4n) is 4.63. The molecule has 0 aliphatic heterocycles. The predicted octanol–water partition coefficient (Wildman–Crippen LogP) is 5.71. The zero-order chi connectivity index (χ0) is 25.1. The number of benzene rings is 2. The van der Waals surface area contributed by atoms with E-state index in [9.17, 15) is 10.1 Å². The second-order valence-corrected chi connectivity index (χ2v) is 9.45. The van der Waals surface area contributed by atoms with Gasteiger partial charge in [-0.3, -0.25) is 0 Å². The number of ether oxygens (including phenoxy) is 1. The highest BCUT2D eigenvalue weighted by atomic mass is 16.5. The van der Waals surface area contributed by atoms with Gasteiger partial charge in [-0.1, -0.05) is 12.1 Å². The number of imidazole rings is 1. The van der Waals surface area contributed by atoms with Gasteiger partial charge in [0.15, 0.2) is 0 Å². The first kappa shape index (κ1) is 23.5. The molecule has 5 rings (SSSR count). The lowest BCUT2D eigenvalue weighted by Gasteiger charge is -2.30. The molecule has 184 valence electrons. The molecule has 1 saturated carbocycles. The highest BCUT2D eigenvalue weighted by Gasteiger charge is 2.28. The van der Waals surface area contributed by atoms with Crippen molar-refractivity contribution in [3.8, 4) is 23.1 Å². The number of carbonyl (C=O) groups excluding carboxylic acids is 1. The number of carbonyl (C=O) groups is 1. The Morgan fingerprint density at radius 3 is 2.67 bits per heavy atom. The van der Waals surface area contributed by atoms with Crippen molar-refractivity contribution >= 4 is 22.6 Å². The standard InChI is InChI=1S/C28H30N6O2/c1-19(2)31-28(35)32-21-8-6-20(7-9-21)27-25(17-29)24-11-10-23(36-15-14-33-13-12-30-18-33)16-26(24)34(27)22-4-3-5-22/h6-13,16,18-19,22H,3-5,14-15H2,1-2H3,(H2,31,32,35). The third-order valence-corrected chi connectivity index (χ3v) is 6.54. The summed E-state index contributed by atoms with van der Waals surface area (Å²) in [5.41, 5.74) is 4.26. The smallest absolute Gasteiger partial charge is 0.319 e. The minimum absolute atomic E-state index is 0.0559. The Kier molecular flexibility index (Phi) is 6.63. The molecule has 2 aromatic carbocycles. The van der Waals surface area contributed by atoms with Crippen LogP contribution in [0.1, 0.15) is 44.7 Å². The van der Waals surface area contributed by atoms with Gasteiger partial charge in [0.1, 0.15) is 18.4 Å². The van der Waals surface area contributed by atoms with Crippen LogP contribution in [0, 0.1) is 11.3 Å². The Morgan fingerprint density at radius 1 is 1.22 bits per heavy atom. The minimum atomic E-state index is -0.236. The van der Waals surface area contributed by atoms with Crippen molar-refractivity contribution in [2.24, 2.45) is 0 Å². The number of hydrogen-bond donors (Lipinski definition) is 2. The predicted molar refractivity (Wildman–Crippen MR) is 140 cm³/mol. The lowest BCUT2D eigenvalue weighted by molar-refractivity contribution is 0.250. The highest BCUT2D eigenvalue weighted by molar-refractivity contribution is 5.96. The van der Waals surface area contributed by atoms with E-state index in [1.807, 2.05) is 61.0 Å². The molecule has 0 saturated heterocycles. The van der Waals surface area contributed by atoms with Crippen LogP contribution < -0.4 is 15.4 Å². The summed E-state index contributed by atoms with van der Waals surface area (Å²) >= 11 is 0. The van der Waals surface area contributed by atoms with Crippen molar-refractivity contribution in [1.82, 2.24) is 19.4 Å². The van der Waals surface area contributed by atoms with E-state index in [1.54, 1.807) is 12.5 Å². The van der Waals surface area contributed by atoms with Crippen molar-refractivity contribution in [3.63, 3.8) is 0 Å². The number of nitrogens with one attached hydrogen (secondary N) is 2. The average molecular weight is 483 g/mol. The van der Waals surface area contributed by atoms with Crippen molar-refractivity contribution in [2.45, 2.75) is 51.7 Å². The maximum absolute atomic E-state index is 12.1. The van der Waals surface area contributed by atoms with E-state index in [2.05, 4.69) is 32.3 Å². The largest absolute Gasteiger partial charge is 0.492 e. The van der Waals surface area contributed by atoms with Crippen LogP contribution in [0.25, 0.3) is 22.2 Å². The van der Waals surface area contributed by atoms with Crippen LogP contribution in [-0.4, -0.2) is 32.8 Å². The number of rotatable bonds is 8. The van der Waals surface area contributed by atoms with E-state index in [-0.39, 0.29) is 12.1 Å². The Morgan fingerprint density at radius 2 is 2.03 bits per heavy atom. The number of fused-ring (bicyclic) bond motifs is 1. The number of nitrogens with zero attached hydrogens (tertiary/aromatic N) is 4. The van der Waals surface area contributed by atoms with Crippen LogP contribution in [0.3, 0.4) is 0 Å². The Hall–Kier alpha value is -4.25. The number of hydrogen-bond acceptors (Lipinski definition) is 4. The molecule has 8 nitrogen and oxygen atoms in total. The third kappa shape index (κ3) is 4.78. The van der Waals surface area contributed by atoms with E-state index in [4.69, 9.17) is 4.74 Å². The molecule has 2 heterocycles. The van der Waals surface area contributed by atoms with Crippen LogP contribution in [0.5, 0.6) is 5.75 Å². The molecule has 2 N–H and O–H groups in total. The van der Waals surface area contributed by atoms with Crippen LogP contribution >= 0.6 is 0 Å². The van der Waals surface area contributed by atoms with Crippen LogP contribution in [0.2, 0.25) is 0 Å². The van der Waals surface area contributed by atoms with Gasteiger partial charge in [0.2, 0.25) is 0 Å². The lowest BCUT2D eigenvalue weighted by Crippen LogP contribution is -2.34. The summed E-state index contributed by atoms with van der Waals surface area (Å²) in [6, 6.07) is 16.3. The molecule has 2 aromatic heterocycles. The Balaban J connectivity index is 1.47. The molecule has 36 heavy (non-hydrogen) atoms.